The van der Waals surface area contributed by atoms with Gasteiger partial charge in [0, 0.05) is 25.7 Å². The highest BCUT2D eigenvalue weighted by atomic mass is 32.2. The van der Waals surface area contributed by atoms with Gasteiger partial charge in [0.25, 0.3) is 5.56 Å². The van der Waals surface area contributed by atoms with E-state index < -0.39 is 0 Å². The van der Waals surface area contributed by atoms with Crippen LogP contribution in [0.2, 0.25) is 0 Å². The van der Waals surface area contributed by atoms with Crippen molar-refractivity contribution in [3.8, 4) is 0 Å². The number of rotatable bonds is 8. The van der Waals surface area contributed by atoms with Crippen LogP contribution in [0, 0.1) is 0 Å². The number of para-hydroxylation sites is 2. The van der Waals surface area contributed by atoms with Gasteiger partial charge < -0.3 is 14.8 Å². The third-order valence-electron chi connectivity index (χ3n) is 5.36. The zero-order valence-electron chi connectivity index (χ0n) is 16.8. The first-order chi connectivity index (χ1) is 13.6. The molecule has 1 fully saturated rings. The quantitative estimate of drug-likeness (QED) is 0.543. The van der Waals surface area contributed by atoms with Crippen molar-refractivity contribution in [2.75, 3.05) is 25.4 Å². The molecular formula is C21H30N4O2S. The van der Waals surface area contributed by atoms with Gasteiger partial charge in [0.2, 0.25) is 5.91 Å². The Kier molecular flexibility index (Phi) is 7.50. The summed E-state index contributed by atoms with van der Waals surface area (Å²) in [5, 5.41) is 3.36. The van der Waals surface area contributed by atoms with Crippen LogP contribution in [-0.4, -0.2) is 51.8 Å². The van der Waals surface area contributed by atoms with Crippen LogP contribution in [0.5, 0.6) is 0 Å². The van der Waals surface area contributed by atoms with Crippen LogP contribution in [0.15, 0.2) is 34.1 Å². The van der Waals surface area contributed by atoms with Crippen molar-refractivity contribution in [3.05, 3.63) is 34.6 Å². The number of carbonyl (C=O) groups excluding carboxylic acids is 1. The van der Waals surface area contributed by atoms with Crippen LogP contribution in [0.1, 0.15) is 39.5 Å². The number of piperidine rings is 1. The predicted molar refractivity (Wildman–Crippen MR) is 115 cm³/mol. The minimum absolute atomic E-state index is 0.0471. The summed E-state index contributed by atoms with van der Waals surface area (Å²) in [5.41, 5.74) is 1.48. The summed E-state index contributed by atoms with van der Waals surface area (Å²) in [7, 11) is 0. The Morgan fingerprint density at radius 3 is 2.93 bits per heavy atom. The number of hydrogen-bond acceptors (Lipinski definition) is 5. The van der Waals surface area contributed by atoms with Crippen molar-refractivity contribution < 1.29 is 4.79 Å². The molecule has 2 aromatic rings. The standard InChI is InChI=1S/C21H30N4O2S/c1-3-25-18-11-5-4-10-17(18)23-20(21(25)27)28-15-19(26)22-12-8-14-24-13-7-6-9-16(24)2/h4-5,10-11,16H,3,6-9,12-15H2,1-2H3,(H,22,26). The van der Waals surface area contributed by atoms with Crippen LogP contribution in [-0.2, 0) is 11.3 Å². The number of amides is 1. The summed E-state index contributed by atoms with van der Waals surface area (Å²) in [6.07, 6.45) is 4.84. The van der Waals surface area contributed by atoms with Gasteiger partial charge in [-0.15, -0.1) is 0 Å². The van der Waals surface area contributed by atoms with E-state index in [0.717, 1.165) is 24.0 Å². The maximum absolute atomic E-state index is 12.6. The molecule has 1 amide bonds. The lowest BCUT2D eigenvalue weighted by molar-refractivity contribution is -0.118. The minimum atomic E-state index is -0.127. The highest BCUT2D eigenvalue weighted by Gasteiger charge is 2.17. The van der Waals surface area contributed by atoms with Gasteiger partial charge in [-0.2, -0.15) is 0 Å². The normalized spacial score (nSPS) is 17.7. The molecule has 152 valence electrons. The number of aryl methyl sites for hydroxylation is 1. The average Bonchev–Trinajstić information content (AvgIpc) is 2.71. The predicted octanol–water partition coefficient (Wildman–Crippen LogP) is 2.89. The fourth-order valence-corrected chi connectivity index (χ4v) is 4.53. The van der Waals surface area contributed by atoms with Gasteiger partial charge in [-0.3, -0.25) is 9.59 Å². The Labute approximate surface area is 170 Å². The van der Waals surface area contributed by atoms with Gasteiger partial charge in [-0.1, -0.05) is 30.3 Å². The zero-order chi connectivity index (χ0) is 19.9. The molecule has 3 rings (SSSR count). The van der Waals surface area contributed by atoms with Crippen molar-refractivity contribution in [2.45, 2.75) is 57.1 Å². The lowest BCUT2D eigenvalue weighted by Crippen LogP contribution is -2.39. The van der Waals surface area contributed by atoms with E-state index in [4.69, 9.17) is 0 Å². The first-order valence-corrected chi connectivity index (χ1v) is 11.2. The van der Waals surface area contributed by atoms with Gasteiger partial charge in [0.1, 0.15) is 0 Å². The number of hydrogen-bond donors (Lipinski definition) is 1. The third-order valence-corrected chi connectivity index (χ3v) is 6.31. The van der Waals surface area contributed by atoms with Gasteiger partial charge in [0.15, 0.2) is 5.03 Å². The smallest absolute Gasteiger partial charge is 0.283 e. The number of likely N-dealkylation sites (tertiary alicyclic amines) is 1. The Bertz CT molecular complexity index is 867. The molecule has 28 heavy (non-hydrogen) atoms. The van der Waals surface area contributed by atoms with Crippen molar-refractivity contribution in [1.29, 1.82) is 0 Å². The zero-order valence-corrected chi connectivity index (χ0v) is 17.6. The summed E-state index contributed by atoms with van der Waals surface area (Å²) in [6, 6.07) is 8.26. The molecule has 0 aliphatic carbocycles. The highest BCUT2D eigenvalue weighted by Crippen LogP contribution is 2.17. The van der Waals surface area contributed by atoms with E-state index in [2.05, 4.69) is 22.1 Å². The summed E-state index contributed by atoms with van der Waals surface area (Å²) in [4.78, 5) is 31.8. The molecular weight excluding hydrogens is 372 g/mol. The molecule has 7 heteroatoms. The summed E-state index contributed by atoms with van der Waals surface area (Å²) >= 11 is 1.22. The number of nitrogens with one attached hydrogen (secondary N) is 1. The Balaban J connectivity index is 1.49. The molecule has 0 saturated carbocycles. The molecule has 1 atom stereocenters. The molecule has 1 aliphatic rings. The van der Waals surface area contributed by atoms with Gasteiger partial charge in [-0.05, 0) is 51.8 Å². The Hall–Kier alpha value is -1.86. The molecule has 0 spiro atoms. The number of carbonyl (C=O) groups is 1. The average molecular weight is 403 g/mol. The Morgan fingerprint density at radius 2 is 2.14 bits per heavy atom. The van der Waals surface area contributed by atoms with Crippen molar-refractivity contribution in [1.82, 2.24) is 19.8 Å². The summed E-state index contributed by atoms with van der Waals surface area (Å²) in [6.45, 7) is 7.68. The van der Waals surface area contributed by atoms with E-state index in [0.29, 0.717) is 24.2 Å². The maximum atomic E-state index is 12.6. The molecule has 1 aromatic heterocycles. The summed E-state index contributed by atoms with van der Waals surface area (Å²) in [5.74, 6) is 0.166. The van der Waals surface area contributed by atoms with Gasteiger partial charge >= 0.3 is 0 Å². The SMILES string of the molecule is CCn1c(=O)c(SCC(=O)NCCCN2CCCCC2C)nc2ccccc21. The van der Waals surface area contributed by atoms with Crippen molar-refractivity contribution in [2.24, 2.45) is 0 Å². The molecule has 6 nitrogen and oxygen atoms in total. The van der Waals surface area contributed by atoms with E-state index in [1.54, 1.807) is 4.57 Å². The third kappa shape index (κ3) is 5.14. The molecule has 0 bridgehead atoms. The Morgan fingerprint density at radius 1 is 1.32 bits per heavy atom. The van der Waals surface area contributed by atoms with E-state index >= 15 is 0 Å². The van der Waals surface area contributed by atoms with Crippen molar-refractivity contribution >= 4 is 28.7 Å². The largest absolute Gasteiger partial charge is 0.355 e. The van der Waals surface area contributed by atoms with E-state index in [1.165, 1.54) is 37.6 Å². The second-order valence-corrected chi connectivity index (χ2v) is 8.29. The number of benzene rings is 1. The van der Waals surface area contributed by atoms with Crippen molar-refractivity contribution in [3.63, 3.8) is 0 Å². The van der Waals surface area contributed by atoms with E-state index in [1.807, 2.05) is 31.2 Å². The topological polar surface area (TPSA) is 67.2 Å². The number of nitrogens with zero attached hydrogens (tertiary/aromatic N) is 3. The van der Waals surface area contributed by atoms with E-state index in [-0.39, 0.29) is 17.2 Å². The molecule has 1 unspecified atom stereocenters. The van der Waals surface area contributed by atoms with Crippen LogP contribution in [0.3, 0.4) is 0 Å². The minimum Gasteiger partial charge on any atom is -0.355 e. The molecule has 2 heterocycles. The number of thioether (sulfide) groups is 1. The fourth-order valence-electron chi connectivity index (χ4n) is 3.76. The molecule has 1 N–H and O–H groups in total. The lowest BCUT2D eigenvalue weighted by Gasteiger charge is -2.33. The first-order valence-electron chi connectivity index (χ1n) is 10.2. The van der Waals surface area contributed by atoms with E-state index in [9.17, 15) is 9.59 Å². The molecule has 1 saturated heterocycles. The van der Waals surface area contributed by atoms with Gasteiger partial charge in [0.05, 0.1) is 16.8 Å². The van der Waals surface area contributed by atoms with Crippen LogP contribution < -0.4 is 10.9 Å². The van der Waals surface area contributed by atoms with Gasteiger partial charge in [-0.25, -0.2) is 4.98 Å². The van der Waals surface area contributed by atoms with Crippen LogP contribution in [0.4, 0.5) is 0 Å². The lowest BCUT2D eigenvalue weighted by atomic mass is 10.0. The monoisotopic (exact) mass is 402 g/mol. The molecule has 0 radical (unpaired) electrons. The highest BCUT2D eigenvalue weighted by molar-refractivity contribution is 7.99. The first kappa shape index (κ1) is 20.9. The molecule has 1 aromatic carbocycles. The number of aromatic nitrogens is 2. The fraction of sp³-hybridized carbons (Fsp3) is 0.571. The second kappa shape index (κ2) is 10.1. The maximum Gasteiger partial charge on any atom is 0.283 e. The summed E-state index contributed by atoms with van der Waals surface area (Å²) < 4.78 is 1.71. The molecule has 1 aliphatic heterocycles. The van der Waals surface area contributed by atoms with Crippen LogP contribution >= 0.6 is 11.8 Å². The second-order valence-electron chi connectivity index (χ2n) is 7.33. The number of fused-ring (bicyclic) bond motifs is 1. The van der Waals surface area contributed by atoms with Crippen LogP contribution in [0.25, 0.3) is 11.0 Å².